The molecule has 1 heterocycles. The van der Waals surface area contributed by atoms with E-state index >= 15 is 0 Å². The van der Waals surface area contributed by atoms with E-state index in [2.05, 4.69) is 15.5 Å². The molecule has 26 heavy (non-hydrogen) atoms. The molecule has 6 nitrogen and oxygen atoms in total. The molecular weight excluding hydrogens is 330 g/mol. The Bertz CT molecular complexity index is 912. The fraction of sp³-hybridized carbons (Fsp3) is 0.200. The molecule has 0 saturated carbocycles. The largest absolute Gasteiger partial charge is 0.421 e. The van der Waals surface area contributed by atoms with Gasteiger partial charge in [-0.15, -0.1) is 10.2 Å². The Balaban J connectivity index is 1.54. The maximum Gasteiger partial charge on any atom is 0.247 e. The summed E-state index contributed by atoms with van der Waals surface area (Å²) >= 11 is 0. The Morgan fingerprint density at radius 1 is 1.00 bits per heavy atom. The summed E-state index contributed by atoms with van der Waals surface area (Å²) in [5.41, 5.74) is 3.26. The third kappa shape index (κ3) is 4.42. The fourth-order valence-electron chi connectivity index (χ4n) is 2.40. The number of benzene rings is 2. The van der Waals surface area contributed by atoms with Gasteiger partial charge in [0.1, 0.15) is 0 Å². The number of rotatable bonds is 6. The summed E-state index contributed by atoms with van der Waals surface area (Å²) in [4.78, 5) is 23.3. The van der Waals surface area contributed by atoms with Crippen molar-refractivity contribution in [2.45, 2.75) is 26.7 Å². The minimum absolute atomic E-state index is 0.0105. The zero-order chi connectivity index (χ0) is 18.5. The van der Waals surface area contributed by atoms with Crippen molar-refractivity contribution < 1.29 is 14.0 Å². The number of hydrogen-bond acceptors (Lipinski definition) is 5. The van der Waals surface area contributed by atoms with Crippen LogP contribution < -0.4 is 5.32 Å². The molecule has 0 aliphatic carbocycles. The van der Waals surface area contributed by atoms with E-state index in [4.69, 9.17) is 4.42 Å². The number of Topliss-reactive ketones (excluding diaryl/α,β-unsaturated/α-hetero) is 1. The second kappa shape index (κ2) is 7.74. The number of hydrogen-bond donors (Lipinski definition) is 1. The number of aromatic nitrogens is 2. The molecule has 1 aromatic heterocycles. The van der Waals surface area contributed by atoms with Gasteiger partial charge < -0.3 is 9.73 Å². The lowest BCUT2D eigenvalue weighted by Gasteiger charge is -2.04. The Kier molecular flexibility index (Phi) is 5.22. The lowest BCUT2D eigenvalue weighted by Crippen LogP contribution is -2.12. The Morgan fingerprint density at radius 2 is 1.69 bits per heavy atom. The van der Waals surface area contributed by atoms with Crippen molar-refractivity contribution in [3.8, 4) is 11.5 Å². The summed E-state index contributed by atoms with van der Waals surface area (Å²) in [5.74, 6) is 0.696. The number of nitrogens with one attached hydrogen (secondary N) is 1. The molecule has 1 N–H and O–H groups in total. The molecular formula is C20H19N3O3. The highest BCUT2D eigenvalue weighted by atomic mass is 16.4. The van der Waals surface area contributed by atoms with E-state index in [0.717, 1.165) is 11.1 Å². The summed E-state index contributed by atoms with van der Waals surface area (Å²) in [6, 6.07) is 14.6. The van der Waals surface area contributed by atoms with Crippen molar-refractivity contribution in [3.05, 3.63) is 65.5 Å². The third-order valence-corrected chi connectivity index (χ3v) is 3.91. The van der Waals surface area contributed by atoms with Gasteiger partial charge in [0.05, 0.1) is 0 Å². The van der Waals surface area contributed by atoms with Crippen molar-refractivity contribution in [2.24, 2.45) is 0 Å². The first-order valence-corrected chi connectivity index (χ1v) is 8.31. The van der Waals surface area contributed by atoms with Crippen LogP contribution >= 0.6 is 0 Å². The minimum Gasteiger partial charge on any atom is -0.421 e. The molecule has 6 heteroatoms. The van der Waals surface area contributed by atoms with E-state index in [-0.39, 0.29) is 18.1 Å². The molecule has 0 fully saturated rings. The molecule has 1 amide bonds. The number of ketones is 1. The zero-order valence-electron chi connectivity index (χ0n) is 14.7. The van der Waals surface area contributed by atoms with Crippen LogP contribution in [0.2, 0.25) is 0 Å². The van der Waals surface area contributed by atoms with Gasteiger partial charge >= 0.3 is 0 Å². The summed E-state index contributed by atoms with van der Waals surface area (Å²) in [6.07, 6.45) is 0.584. The first-order chi connectivity index (χ1) is 12.5. The van der Waals surface area contributed by atoms with Gasteiger partial charge in [-0.25, -0.2) is 0 Å². The highest BCUT2D eigenvalue weighted by molar-refractivity contribution is 5.95. The molecule has 0 spiro atoms. The first-order valence-electron chi connectivity index (χ1n) is 8.31. The van der Waals surface area contributed by atoms with Gasteiger partial charge in [-0.3, -0.25) is 9.59 Å². The van der Waals surface area contributed by atoms with Gasteiger partial charge in [0, 0.05) is 29.7 Å². The van der Waals surface area contributed by atoms with Crippen LogP contribution in [0.1, 0.15) is 35.2 Å². The fourth-order valence-corrected chi connectivity index (χ4v) is 2.40. The Labute approximate surface area is 151 Å². The van der Waals surface area contributed by atoms with E-state index < -0.39 is 0 Å². The van der Waals surface area contributed by atoms with Crippen LogP contribution in [0.15, 0.2) is 52.9 Å². The maximum absolute atomic E-state index is 12.1. The van der Waals surface area contributed by atoms with Crippen LogP contribution in [0, 0.1) is 6.92 Å². The van der Waals surface area contributed by atoms with Crippen molar-refractivity contribution >= 4 is 17.4 Å². The number of nitrogens with zero attached hydrogens (tertiary/aromatic N) is 2. The predicted molar refractivity (Wildman–Crippen MR) is 97.9 cm³/mol. The monoisotopic (exact) mass is 349 g/mol. The second-order valence-corrected chi connectivity index (χ2v) is 6.05. The molecule has 0 saturated heterocycles. The summed E-state index contributed by atoms with van der Waals surface area (Å²) < 4.78 is 5.61. The SMILES string of the molecule is CC(=O)c1ccc(NC(=O)CCc2nnc(-c3ccc(C)cc3)o2)cc1. The van der Waals surface area contributed by atoms with E-state index in [1.54, 1.807) is 24.3 Å². The third-order valence-electron chi connectivity index (χ3n) is 3.91. The average molecular weight is 349 g/mol. The minimum atomic E-state index is -0.157. The van der Waals surface area contributed by atoms with E-state index in [9.17, 15) is 9.59 Å². The van der Waals surface area contributed by atoms with Crippen LogP contribution in [-0.2, 0) is 11.2 Å². The van der Waals surface area contributed by atoms with Gasteiger partial charge in [-0.05, 0) is 50.2 Å². The number of amides is 1. The predicted octanol–water partition coefficient (Wildman–Crippen LogP) is 3.82. The average Bonchev–Trinajstić information content (AvgIpc) is 3.10. The Morgan fingerprint density at radius 3 is 2.35 bits per heavy atom. The van der Waals surface area contributed by atoms with Gasteiger partial charge in [-0.1, -0.05) is 17.7 Å². The van der Waals surface area contributed by atoms with E-state index in [0.29, 0.717) is 29.5 Å². The Hall–Kier alpha value is -3.28. The summed E-state index contributed by atoms with van der Waals surface area (Å²) in [7, 11) is 0. The maximum atomic E-state index is 12.1. The summed E-state index contributed by atoms with van der Waals surface area (Å²) in [5, 5.41) is 10.8. The molecule has 3 aromatic rings. The van der Waals surface area contributed by atoms with E-state index in [1.165, 1.54) is 6.92 Å². The van der Waals surface area contributed by atoms with Crippen molar-refractivity contribution in [1.82, 2.24) is 10.2 Å². The van der Waals surface area contributed by atoms with Crippen LogP contribution in [0.3, 0.4) is 0 Å². The first kappa shape index (κ1) is 17.5. The topological polar surface area (TPSA) is 85.1 Å². The molecule has 0 unspecified atom stereocenters. The second-order valence-electron chi connectivity index (χ2n) is 6.05. The molecule has 0 radical (unpaired) electrons. The van der Waals surface area contributed by atoms with Crippen molar-refractivity contribution in [1.29, 1.82) is 0 Å². The van der Waals surface area contributed by atoms with Gasteiger partial charge in [0.2, 0.25) is 17.7 Å². The number of anilines is 1. The molecule has 0 bridgehead atoms. The smallest absolute Gasteiger partial charge is 0.247 e. The molecule has 3 rings (SSSR count). The van der Waals surface area contributed by atoms with Crippen LogP contribution in [-0.4, -0.2) is 21.9 Å². The molecule has 0 aliphatic heterocycles. The molecule has 2 aromatic carbocycles. The van der Waals surface area contributed by atoms with Crippen LogP contribution in [0.25, 0.3) is 11.5 Å². The highest BCUT2D eigenvalue weighted by Crippen LogP contribution is 2.19. The zero-order valence-corrected chi connectivity index (χ0v) is 14.7. The summed E-state index contributed by atoms with van der Waals surface area (Å²) in [6.45, 7) is 3.51. The van der Waals surface area contributed by atoms with Crippen molar-refractivity contribution in [3.63, 3.8) is 0 Å². The lowest BCUT2D eigenvalue weighted by atomic mass is 10.1. The molecule has 0 aliphatic rings. The lowest BCUT2D eigenvalue weighted by molar-refractivity contribution is -0.116. The molecule has 0 atom stereocenters. The van der Waals surface area contributed by atoms with Gasteiger partial charge in [-0.2, -0.15) is 0 Å². The standard InChI is InChI=1S/C20H19N3O3/c1-13-3-5-16(6-4-13)20-23-22-19(26-20)12-11-18(25)21-17-9-7-15(8-10-17)14(2)24/h3-10H,11-12H2,1-2H3,(H,21,25). The van der Waals surface area contributed by atoms with Crippen molar-refractivity contribution in [2.75, 3.05) is 5.32 Å². The number of aryl methyl sites for hydroxylation is 2. The van der Waals surface area contributed by atoms with Gasteiger partial charge in [0.25, 0.3) is 0 Å². The number of carbonyl (C=O) groups is 2. The van der Waals surface area contributed by atoms with Crippen LogP contribution in [0.4, 0.5) is 5.69 Å². The normalized spacial score (nSPS) is 10.5. The number of carbonyl (C=O) groups excluding carboxylic acids is 2. The van der Waals surface area contributed by atoms with Gasteiger partial charge in [0.15, 0.2) is 5.78 Å². The quantitative estimate of drug-likeness (QED) is 0.684. The highest BCUT2D eigenvalue weighted by Gasteiger charge is 2.11. The molecule has 132 valence electrons. The van der Waals surface area contributed by atoms with Crippen LogP contribution in [0.5, 0.6) is 0 Å². The van der Waals surface area contributed by atoms with E-state index in [1.807, 2.05) is 31.2 Å².